The Morgan fingerprint density at radius 3 is 2.87 bits per heavy atom. The van der Waals surface area contributed by atoms with Gasteiger partial charge in [0.25, 0.3) is 5.91 Å². The van der Waals surface area contributed by atoms with Crippen molar-refractivity contribution in [1.29, 1.82) is 0 Å². The molecule has 1 amide bonds. The van der Waals surface area contributed by atoms with Gasteiger partial charge in [0.1, 0.15) is 6.04 Å². The Balaban J connectivity index is 1.61. The molecule has 5 nitrogen and oxygen atoms in total. The van der Waals surface area contributed by atoms with Crippen molar-refractivity contribution < 1.29 is 9.32 Å². The van der Waals surface area contributed by atoms with Crippen LogP contribution in [0, 0.1) is 0 Å². The zero-order valence-corrected chi connectivity index (χ0v) is 13.8. The summed E-state index contributed by atoms with van der Waals surface area (Å²) in [5, 5.41) is 4.94. The quantitative estimate of drug-likeness (QED) is 0.829. The van der Waals surface area contributed by atoms with Crippen molar-refractivity contribution in [2.75, 3.05) is 6.54 Å². The minimum Gasteiger partial charge on any atom is -0.337 e. The molecule has 0 spiro atoms. The van der Waals surface area contributed by atoms with E-state index in [1.807, 2.05) is 0 Å². The summed E-state index contributed by atoms with van der Waals surface area (Å²) in [6.07, 6.45) is 3.95. The van der Waals surface area contributed by atoms with Crippen LogP contribution in [0.15, 0.2) is 22.7 Å². The molecule has 2 fully saturated rings. The topological polar surface area (TPSA) is 59.2 Å². The van der Waals surface area contributed by atoms with Crippen LogP contribution in [0.3, 0.4) is 0 Å². The molecule has 1 saturated carbocycles. The molecule has 1 aromatic carbocycles. The number of carbonyl (C=O) groups excluding carboxylic acids is 1. The van der Waals surface area contributed by atoms with E-state index in [0.29, 0.717) is 34.0 Å². The van der Waals surface area contributed by atoms with Crippen LogP contribution in [0.5, 0.6) is 0 Å². The van der Waals surface area contributed by atoms with Crippen LogP contribution in [0.4, 0.5) is 0 Å². The van der Waals surface area contributed by atoms with Gasteiger partial charge in [-0.05, 0) is 43.9 Å². The number of likely N-dealkylation sites (tertiary alicyclic amines) is 1. The van der Waals surface area contributed by atoms with Crippen molar-refractivity contribution in [3.8, 4) is 0 Å². The molecule has 2 aliphatic rings. The molecule has 0 radical (unpaired) electrons. The van der Waals surface area contributed by atoms with Gasteiger partial charge in [-0.3, -0.25) is 4.79 Å². The molecule has 1 saturated heterocycles. The van der Waals surface area contributed by atoms with Crippen molar-refractivity contribution >= 4 is 29.1 Å². The number of rotatable bonds is 3. The lowest BCUT2D eigenvalue weighted by Crippen LogP contribution is -2.31. The van der Waals surface area contributed by atoms with E-state index in [1.54, 1.807) is 23.1 Å². The zero-order valence-electron chi connectivity index (χ0n) is 12.3. The summed E-state index contributed by atoms with van der Waals surface area (Å²) >= 11 is 12.2. The third-order valence-corrected chi connectivity index (χ3v) is 4.92. The molecule has 1 aliphatic heterocycles. The third-order valence-electron chi connectivity index (χ3n) is 4.36. The van der Waals surface area contributed by atoms with E-state index in [4.69, 9.17) is 27.7 Å². The van der Waals surface area contributed by atoms with Gasteiger partial charge in [0, 0.05) is 17.5 Å². The van der Waals surface area contributed by atoms with Crippen LogP contribution >= 0.6 is 23.2 Å². The van der Waals surface area contributed by atoms with Crippen molar-refractivity contribution in [1.82, 2.24) is 15.0 Å². The van der Waals surface area contributed by atoms with Crippen LogP contribution < -0.4 is 0 Å². The number of amides is 1. The number of benzene rings is 1. The largest absolute Gasteiger partial charge is 0.337 e. The number of hydrogen-bond acceptors (Lipinski definition) is 4. The molecular weight excluding hydrogens is 337 g/mol. The highest BCUT2D eigenvalue weighted by Gasteiger charge is 2.37. The van der Waals surface area contributed by atoms with Crippen LogP contribution in [0.1, 0.15) is 59.7 Å². The summed E-state index contributed by atoms with van der Waals surface area (Å²) in [4.78, 5) is 19.1. The summed E-state index contributed by atoms with van der Waals surface area (Å²) in [6.45, 7) is 0.646. The maximum Gasteiger partial charge on any atom is 0.256 e. The highest BCUT2D eigenvalue weighted by molar-refractivity contribution is 6.35. The van der Waals surface area contributed by atoms with Gasteiger partial charge < -0.3 is 9.42 Å². The van der Waals surface area contributed by atoms with Gasteiger partial charge in [-0.25, -0.2) is 0 Å². The molecule has 7 heteroatoms. The van der Waals surface area contributed by atoms with Gasteiger partial charge in [-0.15, -0.1) is 0 Å². The van der Waals surface area contributed by atoms with E-state index in [2.05, 4.69) is 10.1 Å². The molecule has 1 aromatic heterocycles. The number of carbonyl (C=O) groups is 1. The number of nitrogens with zero attached hydrogens (tertiary/aromatic N) is 3. The Labute approximate surface area is 143 Å². The van der Waals surface area contributed by atoms with Gasteiger partial charge in [0.05, 0.1) is 10.6 Å². The van der Waals surface area contributed by atoms with E-state index >= 15 is 0 Å². The minimum absolute atomic E-state index is 0.147. The molecule has 2 heterocycles. The average Bonchev–Trinajstić information content (AvgIpc) is 3.09. The van der Waals surface area contributed by atoms with Crippen molar-refractivity contribution in [3.63, 3.8) is 0 Å². The van der Waals surface area contributed by atoms with Crippen molar-refractivity contribution in [3.05, 3.63) is 45.5 Å². The molecule has 2 aromatic rings. The average molecular weight is 352 g/mol. The molecular formula is C16H15Cl2N3O2. The van der Waals surface area contributed by atoms with Crippen LogP contribution in [0.25, 0.3) is 0 Å². The molecule has 1 unspecified atom stereocenters. The Morgan fingerprint density at radius 1 is 1.26 bits per heavy atom. The van der Waals surface area contributed by atoms with Gasteiger partial charge >= 0.3 is 0 Å². The summed E-state index contributed by atoms with van der Waals surface area (Å²) in [5.74, 6) is 1.57. The second-order valence-corrected chi connectivity index (χ2v) is 6.89. The summed E-state index contributed by atoms with van der Waals surface area (Å²) in [7, 11) is 0. The molecule has 0 bridgehead atoms. The van der Waals surface area contributed by atoms with Gasteiger partial charge in [-0.2, -0.15) is 4.98 Å². The summed E-state index contributed by atoms with van der Waals surface area (Å²) < 4.78 is 5.41. The van der Waals surface area contributed by atoms with Gasteiger partial charge in [0.15, 0.2) is 5.82 Å². The van der Waals surface area contributed by atoms with Crippen molar-refractivity contribution in [2.24, 2.45) is 0 Å². The second-order valence-electron chi connectivity index (χ2n) is 6.05. The van der Waals surface area contributed by atoms with E-state index in [9.17, 15) is 4.79 Å². The first-order valence-electron chi connectivity index (χ1n) is 7.73. The fraction of sp³-hybridized carbons (Fsp3) is 0.438. The Kier molecular flexibility index (Phi) is 3.77. The van der Waals surface area contributed by atoms with Crippen LogP contribution in [0.2, 0.25) is 10.0 Å². The SMILES string of the molecule is O=C(c1cc(Cl)ccc1Cl)N1CCCC1c1nc(C2CC2)no1. The third kappa shape index (κ3) is 2.83. The summed E-state index contributed by atoms with van der Waals surface area (Å²) in [5.41, 5.74) is 0.410. The second kappa shape index (κ2) is 5.80. The lowest BCUT2D eigenvalue weighted by molar-refractivity contribution is 0.0710. The first kappa shape index (κ1) is 15.0. The number of aromatic nitrogens is 2. The smallest absolute Gasteiger partial charge is 0.256 e. The maximum absolute atomic E-state index is 12.8. The Bertz CT molecular complexity index is 758. The fourth-order valence-electron chi connectivity index (χ4n) is 2.97. The standard InChI is InChI=1S/C16H15Cl2N3O2/c17-10-5-6-12(18)11(8-10)16(22)21-7-1-2-13(21)15-19-14(20-23-15)9-3-4-9/h5-6,8-9,13H,1-4,7H2. The number of hydrogen-bond donors (Lipinski definition) is 0. The van der Waals surface area contributed by atoms with Gasteiger partial charge in [0.2, 0.25) is 5.89 Å². The highest BCUT2D eigenvalue weighted by atomic mass is 35.5. The van der Waals surface area contributed by atoms with E-state index in [1.165, 1.54) is 0 Å². The first-order valence-corrected chi connectivity index (χ1v) is 8.48. The minimum atomic E-state index is -0.183. The fourth-order valence-corrected chi connectivity index (χ4v) is 3.34. The maximum atomic E-state index is 12.8. The monoisotopic (exact) mass is 351 g/mol. The van der Waals surface area contributed by atoms with Crippen LogP contribution in [-0.4, -0.2) is 27.5 Å². The van der Waals surface area contributed by atoms with E-state index in [-0.39, 0.29) is 11.9 Å². The molecule has 0 N–H and O–H groups in total. The molecule has 1 atom stereocenters. The van der Waals surface area contributed by atoms with Crippen LogP contribution in [-0.2, 0) is 0 Å². The lowest BCUT2D eigenvalue weighted by atomic mass is 10.1. The lowest BCUT2D eigenvalue weighted by Gasteiger charge is -2.22. The summed E-state index contributed by atoms with van der Waals surface area (Å²) in [6, 6.07) is 4.73. The molecule has 1 aliphatic carbocycles. The van der Waals surface area contributed by atoms with Crippen molar-refractivity contribution in [2.45, 2.75) is 37.6 Å². The van der Waals surface area contributed by atoms with E-state index < -0.39 is 0 Å². The first-order chi connectivity index (χ1) is 11.1. The predicted molar refractivity (Wildman–Crippen MR) is 85.7 cm³/mol. The zero-order chi connectivity index (χ0) is 16.0. The normalized spacial score (nSPS) is 21.0. The Morgan fingerprint density at radius 2 is 2.09 bits per heavy atom. The highest BCUT2D eigenvalue weighted by Crippen LogP contribution is 2.40. The molecule has 120 valence electrons. The Hall–Kier alpha value is -1.59. The molecule has 23 heavy (non-hydrogen) atoms. The number of halogens is 2. The van der Waals surface area contributed by atoms with E-state index in [0.717, 1.165) is 31.5 Å². The van der Waals surface area contributed by atoms with Gasteiger partial charge in [-0.1, -0.05) is 28.4 Å². The predicted octanol–water partition coefficient (Wildman–Crippen LogP) is 4.23. The molecule has 4 rings (SSSR count).